The van der Waals surface area contributed by atoms with E-state index < -0.39 is 65.8 Å². The Labute approximate surface area is 230 Å². The minimum atomic E-state index is -2.70. The van der Waals surface area contributed by atoms with Gasteiger partial charge < -0.3 is 15.0 Å². The normalized spacial score (nSPS) is 27.2. The quantitative estimate of drug-likeness (QED) is 0.557. The highest BCUT2D eigenvalue weighted by atomic mass is 19.1. The van der Waals surface area contributed by atoms with Crippen LogP contribution < -0.4 is 10.6 Å². The van der Waals surface area contributed by atoms with E-state index in [2.05, 4.69) is 10.6 Å². The minimum Gasteiger partial charge on any atom is -0.381 e. The number of fused-ring (bicyclic) bond motifs is 1. The maximum Gasteiger partial charge on any atom is 0.255 e. The molecule has 2 aromatic carbocycles. The lowest BCUT2D eigenvalue weighted by atomic mass is 9.98. The summed E-state index contributed by atoms with van der Waals surface area (Å²) >= 11 is 0. The number of hydrogen-bond donors (Lipinski definition) is 2. The van der Waals surface area contributed by atoms with Crippen LogP contribution in [0, 0.1) is 5.82 Å². The first-order valence-corrected chi connectivity index (χ1v) is 12.5. The van der Waals surface area contributed by atoms with Crippen molar-refractivity contribution in [1.29, 1.82) is 0 Å². The predicted molar refractivity (Wildman–Crippen MR) is 141 cm³/mol. The van der Waals surface area contributed by atoms with E-state index >= 15 is 4.39 Å². The van der Waals surface area contributed by atoms with Gasteiger partial charge in [-0.05, 0) is 63.9 Å². The molecule has 8 nitrogen and oxygen atoms in total. The number of nitrogens with zero attached hydrogens (tertiary/aromatic N) is 2. The fourth-order valence-corrected chi connectivity index (χ4v) is 5.28. The van der Waals surface area contributed by atoms with Gasteiger partial charge in [0.25, 0.3) is 5.91 Å². The number of benzene rings is 2. The van der Waals surface area contributed by atoms with Gasteiger partial charge in [-0.25, -0.2) is 4.39 Å². The molecule has 0 aromatic heterocycles. The summed E-state index contributed by atoms with van der Waals surface area (Å²) in [5.41, 5.74) is -2.35. The number of carbonyl (C=O) groups excluding carboxylic acids is 3. The van der Waals surface area contributed by atoms with E-state index in [4.69, 9.17) is 13.0 Å². The lowest BCUT2D eigenvalue weighted by molar-refractivity contribution is -0.182. The van der Waals surface area contributed by atoms with Crippen LogP contribution in [0.3, 0.4) is 0 Å². The first-order chi connectivity index (χ1) is 20.2. The molecule has 3 aliphatic rings. The maximum absolute atomic E-state index is 15.3. The molecule has 0 spiro atoms. The maximum atomic E-state index is 15.3. The summed E-state index contributed by atoms with van der Waals surface area (Å²) in [7, 11) is 0. The van der Waals surface area contributed by atoms with Gasteiger partial charge in [-0.2, -0.15) is 0 Å². The topological polar surface area (TPSA) is 91.0 Å². The van der Waals surface area contributed by atoms with Gasteiger partial charge in [-0.3, -0.25) is 24.6 Å². The number of morpholine rings is 1. The molecular formula is C29H35FN4O4. The number of anilines is 1. The molecule has 0 saturated carbocycles. The monoisotopic (exact) mass is 528 g/mol. The fraction of sp³-hybridized carbons (Fsp3) is 0.483. The van der Waals surface area contributed by atoms with Gasteiger partial charge >= 0.3 is 0 Å². The number of ether oxygens (including phenoxy) is 1. The zero-order chi connectivity index (χ0) is 32.6. The van der Waals surface area contributed by atoms with Crippen molar-refractivity contribution in [3.05, 3.63) is 64.5 Å². The summed E-state index contributed by atoms with van der Waals surface area (Å²) in [6.45, 7) is 0.429. The SMILES string of the molecule is [2H]C([2H])(Nc1cccc2c1C([2H])([2H])N(C1CCC(=O)NC1=O)C2=O)c1cc(C([2H])([2H])N2CC(C)(C)OC(C)(C)C2)ccc1F. The molecule has 2 N–H and O–H groups in total. The van der Waals surface area contributed by atoms with Crippen LogP contribution >= 0.6 is 0 Å². The number of hydrogen-bond acceptors (Lipinski definition) is 6. The van der Waals surface area contributed by atoms with E-state index in [0.717, 1.165) is 17.0 Å². The van der Waals surface area contributed by atoms with Gasteiger partial charge in [-0.15, -0.1) is 0 Å². The fourth-order valence-electron chi connectivity index (χ4n) is 5.28. The van der Waals surface area contributed by atoms with Gasteiger partial charge in [0, 0.05) is 64.1 Å². The predicted octanol–water partition coefficient (Wildman–Crippen LogP) is 3.59. The minimum absolute atomic E-state index is 0.0147. The largest absolute Gasteiger partial charge is 0.381 e. The van der Waals surface area contributed by atoms with Crippen molar-refractivity contribution in [2.45, 2.75) is 77.3 Å². The first-order valence-electron chi connectivity index (χ1n) is 15.5. The Kier molecular flexibility index (Phi) is 5.08. The highest BCUT2D eigenvalue weighted by Gasteiger charge is 2.40. The smallest absolute Gasteiger partial charge is 0.255 e. The summed E-state index contributed by atoms with van der Waals surface area (Å²) in [6, 6.07) is 6.20. The number of rotatable bonds is 6. The molecule has 202 valence electrons. The van der Waals surface area contributed by atoms with Crippen molar-refractivity contribution in [2.24, 2.45) is 0 Å². The van der Waals surface area contributed by atoms with Crippen LogP contribution in [-0.2, 0) is 33.8 Å². The molecule has 9 heteroatoms. The molecule has 3 heterocycles. The highest BCUT2D eigenvalue weighted by Crippen LogP contribution is 2.33. The molecule has 2 aromatic rings. The van der Waals surface area contributed by atoms with Gasteiger partial charge in [0.15, 0.2) is 0 Å². The Hall–Kier alpha value is -3.30. The zero-order valence-corrected chi connectivity index (χ0v) is 21.8. The van der Waals surface area contributed by atoms with Crippen LogP contribution in [0.2, 0.25) is 0 Å². The van der Waals surface area contributed by atoms with Crippen molar-refractivity contribution in [3.63, 3.8) is 0 Å². The van der Waals surface area contributed by atoms with E-state index in [1.165, 1.54) is 24.3 Å². The summed E-state index contributed by atoms with van der Waals surface area (Å²) in [4.78, 5) is 39.9. The van der Waals surface area contributed by atoms with Crippen LogP contribution in [0.4, 0.5) is 10.1 Å². The van der Waals surface area contributed by atoms with Gasteiger partial charge in [-0.1, -0.05) is 12.1 Å². The molecule has 1 atom stereocenters. The molecule has 38 heavy (non-hydrogen) atoms. The van der Waals surface area contributed by atoms with E-state index in [0.29, 0.717) is 0 Å². The average molecular weight is 529 g/mol. The third-order valence-corrected chi connectivity index (χ3v) is 6.55. The Morgan fingerprint density at radius 3 is 2.61 bits per heavy atom. The lowest BCUT2D eigenvalue weighted by Crippen LogP contribution is -2.56. The number of halogens is 1. The number of piperidine rings is 1. The van der Waals surface area contributed by atoms with E-state index in [1.54, 1.807) is 4.90 Å². The molecule has 0 aliphatic carbocycles. The van der Waals surface area contributed by atoms with Crippen molar-refractivity contribution in [2.75, 3.05) is 18.4 Å². The lowest BCUT2D eigenvalue weighted by Gasteiger charge is -2.47. The van der Waals surface area contributed by atoms with Crippen LogP contribution in [0.25, 0.3) is 0 Å². The summed E-state index contributed by atoms with van der Waals surface area (Å²) < 4.78 is 74.5. The third-order valence-electron chi connectivity index (χ3n) is 6.55. The Bertz CT molecular complexity index is 1530. The van der Waals surface area contributed by atoms with E-state index in [9.17, 15) is 14.4 Å². The van der Waals surface area contributed by atoms with Crippen LogP contribution in [0.5, 0.6) is 0 Å². The molecule has 2 saturated heterocycles. The van der Waals surface area contributed by atoms with Crippen molar-refractivity contribution in [1.82, 2.24) is 15.1 Å². The van der Waals surface area contributed by atoms with E-state index in [-0.39, 0.29) is 48.3 Å². The second kappa shape index (κ2) is 9.78. The molecular weight excluding hydrogens is 487 g/mol. The molecule has 1 unspecified atom stereocenters. The van der Waals surface area contributed by atoms with Crippen molar-refractivity contribution >= 4 is 23.4 Å². The van der Waals surface area contributed by atoms with Crippen molar-refractivity contribution < 1.29 is 31.7 Å². The second-order valence-corrected chi connectivity index (χ2v) is 11.0. The molecule has 0 radical (unpaired) electrons. The number of nitrogens with one attached hydrogen (secondary N) is 2. The van der Waals surface area contributed by atoms with Crippen LogP contribution in [0.15, 0.2) is 36.4 Å². The average Bonchev–Trinajstić information content (AvgIpc) is 3.08. The van der Waals surface area contributed by atoms with E-state index in [1.807, 2.05) is 27.7 Å². The van der Waals surface area contributed by atoms with Gasteiger partial charge in [0.2, 0.25) is 11.8 Å². The Morgan fingerprint density at radius 2 is 1.89 bits per heavy atom. The Morgan fingerprint density at radius 1 is 1.16 bits per heavy atom. The molecule has 0 bridgehead atoms. The third kappa shape index (κ3) is 5.44. The Balaban J connectivity index is 1.49. The highest BCUT2D eigenvalue weighted by molar-refractivity contribution is 6.06. The summed E-state index contributed by atoms with van der Waals surface area (Å²) in [5, 5.41) is 4.67. The molecule has 3 aliphatic heterocycles. The van der Waals surface area contributed by atoms with Crippen LogP contribution in [0.1, 0.15) is 75.8 Å². The van der Waals surface area contributed by atoms with Crippen LogP contribution in [-0.4, -0.2) is 57.9 Å². The zero-order valence-electron chi connectivity index (χ0n) is 27.8. The molecule has 2 fully saturated rings. The molecule has 5 rings (SSSR count). The van der Waals surface area contributed by atoms with Crippen molar-refractivity contribution in [3.8, 4) is 0 Å². The van der Waals surface area contributed by atoms with Gasteiger partial charge in [0.1, 0.15) is 11.9 Å². The number of carbonyl (C=O) groups is 3. The summed E-state index contributed by atoms with van der Waals surface area (Å²) in [5.74, 6) is -3.10. The first kappa shape index (κ1) is 19.7. The second-order valence-electron chi connectivity index (χ2n) is 11.0. The number of imide groups is 1. The van der Waals surface area contributed by atoms with Gasteiger partial charge in [0.05, 0.1) is 16.7 Å². The molecule has 3 amide bonds. The summed E-state index contributed by atoms with van der Waals surface area (Å²) in [6.07, 6.45) is -0.159. The number of amides is 3. The standard InChI is InChI=1S/C29H35FN4O4/c1-28(2)16-33(17-29(3,4)38-28)14-18-8-9-22(30)19(12-18)13-31-23-7-5-6-20-21(23)15-34(27(20)37)24-10-11-25(35)32-26(24)36/h5-9,12,24,31H,10-11,13-17H2,1-4H3,(H,32,35,36)/i13D2,14D2,15D2.